The van der Waals surface area contributed by atoms with Gasteiger partial charge in [0.25, 0.3) is 15.7 Å². The van der Waals surface area contributed by atoms with E-state index in [2.05, 4.69) is 9.71 Å². The van der Waals surface area contributed by atoms with Crippen molar-refractivity contribution in [1.29, 1.82) is 0 Å². The maximum atomic E-state index is 12.5. The molecule has 134 valence electrons. The van der Waals surface area contributed by atoms with Gasteiger partial charge in [-0.1, -0.05) is 23.7 Å². The van der Waals surface area contributed by atoms with Gasteiger partial charge < -0.3 is 4.42 Å². The lowest BCUT2D eigenvalue weighted by atomic mass is 10.2. The van der Waals surface area contributed by atoms with Crippen molar-refractivity contribution >= 4 is 33.0 Å². The summed E-state index contributed by atoms with van der Waals surface area (Å²) in [5.74, 6) is 0.502. The van der Waals surface area contributed by atoms with Gasteiger partial charge in [0.15, 0.2) is 5.89 Å². The van der Waals surface area contributed by atoms with Crippen LogP contribution in [0, 0.1) is 17.0 Å². The summed E-state index contributed by atoms with van der Waals surface area (Å²) in [6.45, 7) is 1.71. The number of aromatic nitrogens is 1. The van der Waals surface area contributed by atoms with E-state index in [0.29, 0.717) is 17.1 Å². The van der Waals surface area contributed by atoms with Crippen molar-refractivity contribution in [2.45, 2.75) is 11.8 Å². The Morgan fingerprint density at radius 2 is 1.88 bits per heavy atom. The van der Waals surface area contributed by atoms with Gasteiger partial charge in [-0.05, 0) is 24.3 Å². The van der Waals surface area contributed by atoms with Crippen LogP contribution in [0.2, 0.25) is 5.02 Å². The molecule has 0 unspecified atom stereocenters. The van der Waals surface area contributed by atoms with Crippen LogP contribution in [0.5, 0.6) is 0 Å². The first-order valence-electron chi connectivity index (χ1n) is 7.25. The molecule has 8 nitrogen and oxygen atoms in total. The Balaban J connectivity index is 1.86. The molecular formula is C16H12ClN3O5S. The Kier molecular flexibility index (Phi) is 4.66. The van der Waals surface area contributed by atoms with Crippen molar-refractivity contribution in [1.82, 2.24) is 4.98 Å². The van der Waals surface area contributed by atoms with Gasteiger partial charge in [0, 0.05) is 18.6 Å². The van der Waals surface area contributed by atoms with Gasteiger partial charge in [0.2, 0.25) is 0 Å². The average molecular weight is 394 g/mol. The molecule has 0 atom stereocenters. The molecule has 0 aliphatic heterocycles. The van der Waals surface area contributed by atoms with E-state index >= 15 is 0 Å². The van der Waals surface area contributed by atoms with Crippen LogP contribution in [0.1, 0.15) is 5.89 Å². The normalized spacial score (nSPS) is 11.3. The fourth-order valence-electron chi connectivity index (χ4n) is 2.23. The number of nitro groups is 1. The molecule has 0 saturated carbocycles. The number of oxazole rings is 1. The number of halogens is 1. The molecule has 0 spiro atoms. The molecule has 0 fully saturated rings. The topological polar surface area (TPSA) is 115 Å². The Labute approximate surface area is 153 Å². The second-order valence-corrected chi connectivity index (χ2v) is 7.39. The highest BCUT2D eigenvalue weighted by Gasteiger charge is 2.18. The number of hydrogen-bond donors (Lipinski definition) is 1. The largest absolute Gasteiger partial charge is 0.449 e. The number of aryl methyl sites for hydroxylation is 1. The Bertz CT molecular complexity index is 1080. The lowest BCUT2D eigenvalue weighted by molar-refractivity contribution is -0.384. The number of nitrogens with one attached hydrogen (secondary N) is 1. The van der Waals surface area contributed by atoms with Gasteiger partial charge in [0.1, 0.15) is 17.0 Å². The summed E-state index contributed by atoms with van der Waals surface area (Å²) >= 11 is 5.72. The summed E-state index contributed by atoms with van der Waals surface area (Å²) in [6.07, 6.45) is 1.48. The first kappa shape index (κ1) is 17.9. The molecular weight excluding hydrogens is 382 g/mol. The maximum absolute atomic E-state index is 12.5. The Morgan fingerprint density at radius 1 is 1.19 bits per heavy atom. The van der Waals surface area contributed by atoms with Crippen LogP contribution < -0.4 is 4.72 Å². The van der Waals surface area contributed by atoms with E-state index in [1.165, 1.54) is 30.5 Å². The average Bonchev–Trinajstić information content (AvgIpc) is 3.03. The zero-order chi connectivity index (χ0) is 18.9. The lowest BCUT2D eigenvalue weighted by Gasteiger charge is -2.09. The molecule has 0 saturated heterocycles. The molecule has 10 heteroatoms. The van der Waals surface area contributed by atoms with E-state index in [4.69, 9.17) is 16.0 Å². The number of rotatable bonds is 5. The number of sulfonamides is 1. The van der Waals surface area contributed by atoms with Crippen molar-refractivity contribution in [3.8, 4) is 11.3 Å². The highest BCUT2D eigenvalue weighted by molar-refractivity contribution is 7.92. The zero-order valence-electron chi connectivity index (χ0n) is 13.3. The van der Waals surface area contributed by atoms with Crippen LogP contribution in [0.25, 0.3) is 11.3 Å². The molecule has 0 aliphatic carbocycles. The summed E-state index contributed by atoms with van der Waals surface area (Å²) in [5.41, 5.74) is 0.941. The third-order valence-corrected chi connectivity index (χ3v) is 5.19. The summed E-state index contributed by atoms with van der Waals surface area (Å²) in [6, 6.07) is 9.67. The Hall–Kier alpha value is -2.91. The van der Waals surface area contributed by atoms with E-state index in [0.717, 1.165) is 6.07 Å². The van der Waals surface area contributed by atoms with Gasteiger partial charge in [-0.15, -0.1) is 0 Å². The molecule has 2 aromatic carbocycles. The van der Waals surface area contributed by atoms with Crippen molar-refractivity contribution in [3.05, 3.63) is 69.8 Å². The van der Waals surface area contributed by atoms with Crippen molar-refractivity contribution in [2.75, 3.05) is 4.72 Å². The van der Waals surface area contributed by atoms with Gasteiger partial charge in [-0.2, -0.15) is 0 Å². The highest BCUT2D eigenvalue weighted by Crippen LogP contribution is 2.29. The third-order valence-electron chi connectivity index (χ3n) is 3.47. The number of hydrogen-bond acceptors (Lipinski definition) is 6. The van der Waals surface area contributed by atoms with Crippen molar-refractivity contribution in [2.24, 2.45) is 0 Å². The summed E-state index contributed by atoms with van der Waals surface area (Å²) in [7, 11) is -3.92. The van der Waals surface area contributed by atoms with E-state index in [1.807, 2.05) is 0 Å². The second-order valence-electron chi connectivity index (χ2n) is 5.30. The van der Waals surface area contributed by atoms with E-state index in [-0.39, 0.29) is 21.3 Å². The van der Waals surface area contributed by atoms with Crippen molar-refractivity contribution in [3.63, 3.8) is 0 Å². The number of anilines is 1. The smallest absolute Gasteiger partial charge is 0.289 e. The standard InChI is InChI=1S/C16H12ClN3O5S/c1-10-18-15(9-25-10)11-2-5-13(6-3-11)26(23,24)19-12-4-7-14(17)16(8-12)20(21)22/h2-9,19H,1H3. The summed E-state index contributed by atoms with van der Waals surface area (Å²) < 4.78 is 32.4. The highest BCUT2D eigenvalue weighted by atomic mass is 35.5. The minimum Gasteiger partial charge on any atom is -0.449 e. The first-order chi connectivity index (χ1) is 12.3. The van der Waals surface area contributed by atoms with Gasteiger partial charge in [-0.25, -0.2) is 13.4 Å². The fraction of sp³-hybridized carbons (Fsp3) is 0.0625. The predicted octanol–water partition coefficient (Wildman–Crippen LogP) is 4.01. The van der Waals surface area contributed by atoms with Crippen LogP contribution in [0.15, 0.2) is 58.0 Å². The van der Waals surface area contributed by atoms with E-state index < -0.39 is 14.9 Å². The summed E-state index contributed by atoms with van der Waals surface area (Å²) in [5, 5.41) is 10.8. The van der Waals surface area contributed by atoms with Gasteiger partial charge in [0.05, 0.1) is 15.5 Å². The van der Waals surface area contributed by atoms with Gasteiger partial charge >= 0.3 is 0 Å². The molecule has 26 heavy (non-hydrogen) atoms. The molecule has 3 aromatic rings. The molecule has 3 rings (SSSR count). The van der Waals surface area contributed by atoms with Crippen molar-refractivity contribution < 1.29 is 17.8 Å². The Morgan fingerprint density at radius 3 is 2.46 bits per heavy atom. The lowest BCUT2D eigenvalue weighted by Crippen LogP contribution is -2.13. The minimum atomic E-state index is -3.92. The molecule has 0 bridgehead atoms. The van der Waals surface area contributed by atoms with Crippen LogP contribution >= 0.6 is 11.6 Å². The monoisotopic (exact) mass is 393 g/mol. The maximum Gasteiger partial charge on any atom is 0.289 e. The molecule has 0 radical (unpaired) electrons. The van der Waals surface area contributed by atoms with Crippen LogP contribution in [0.3, 0.4) is 0 Å². The molecule has 1 N–H and O–H groups in total. The fourth-order valence-corrected chi connectivity index (χ4v) is 3.47. The van der Waals surface area contributed by atoms with Gasteiger partial charge in [-0.3, -0.25) is 14.8 Å². The van der Waals surface area contributed by atoms with Crippen LogP contribution in [-0.2, 0) is 10.0 Å². The second kappa shape index (κ2) is 6.77. The van der Waals surface area contributed by atoms with Crippen LogP contribution in [0.4, 0.5) is 11.4 Å². The minimum absolute atomic E-state index is 0.000861. The quantitative estimate of drug-likeness (QED) is 0.517. The summed E-state index contributed by atoms with van der Waals surface area (Å²) in [4.78, 5) is 14.4. The van der Waals surface area contributed by atoms with E-state index in [9.17, 15) is 18.5 Å². The SMILES string of the molecule is Cc1nc(-c2ccc(S(=O)(=O)Nc3ccc(Cl)c([N+](=O)[O-])c3)cc2)co1. The molecule has 1 heterocycles. The number of benzene rings is 2. The molecule has 0 aliphatic rings. The first-order valence-corrected chi connectivity index (χ1v) is 9.12. The molecule has 1 aromatic heterocycles. The van der Waals surface area contributed by atoms with Crippen LogP contribution in [-0.4, -0.2) is 18.3 Å². The predicted molar refractivity (Wildman–Crippen MR) is 95.6 cm³/mol. The zero-order valence-corrected chi connectivity index (χ0v) is 14.9. The third kappa shape index (κ3) is 3.68. The number of nitro benzene ring substituents is 1. The number of nitrogens with zero attached hydrogens (tertiary/aromatic N) is 2. The van der Waals surface area contributed by atoms with E-state index in [1.54, 1.807) is 19.1 Å². The molecule has 0 amide bonds.